The van der Waals surface area contributed by atoms with Crippen LogP contribution in [0.4, 0.5) is 11.4 Å². The number of nitro benzene ring substituents is 1. The number of benzene rings is 2. The van der Waals surface area contributed by atoms with Gasteiger partial charge in [-0.15, -0.1) is 0 Å². The minimum absolute atomic E-state index is 0.105. The average molecular weight is 393 g/mol. The summed E-state index contributed by atoms with van der Waals surface area (Å²) in [7, 11) is 1.38. The number of nitrogens with one attached hydrogen (secondary N) is 2. The van der Waals surface area contributed by atoms with Gasteiger partial charge < -0.3 is 15.0 Å². The Balaban J connectivity index is 1.65. The largest absolute Gasteiger partial charge is 0.494 e. The van der Waals surface area contributed by atoms with Crippen LogP contribution in [0.25, 0.3) is 11.0 Å². The van der Waals surface area contributed by atoms with Crippen molar-refractivity contribution in [2.24, 2.45) is 0 Å². The minimum Gasteiger partial charge on any atom is -0.494 e. The van der Waals surface area contributed by atoms with Gasteiger partial charge in [-0.05, 0) is 24.3 Å². The zero-order chi connectivity index (χ0) is 18.7. The van der Waals surface area contributed by atoms with Gasteiger partial charge in [-0.25, -0.2) is 4.98 Å². The second kappa shape index (κ2) is 7.63. The van der Waals surface area contributed by atoms with Crippen LogP contribution in [-0.4, -0.2) is 33.7 Å². The van der Waals surface area contributed by atoms with Crippen LogP contribution in [0.2, 0.25) is 5.02 Å². The van der Waals surface area contributed by atoms with Gasteiger partial charge in [-0.3, -0.25) is 14.9 Å². The molecule has 0 aliphatic heterocycles. The van der Waals surface area contributed by atoms with Gasteiger partial charge in [-0.2, -0.15) is 0 Å². The molecular weight excluding hydrogens is 380 g/mol. The smallest absolute Gasteiger partial charge is 0.273 e. The highest BCUT2D eigenvalue weighted by atomic mass is 35.5. The number of non-ortho nitro benzene ring substituents is 1. The van der Waals surface area contributed by atoms with E-state index in [9.17, 15) is 14.9 Å². The maximum Gasteiger partial charge on any atom is 0.273 e. The maximum atomic E-state index is 12.2. The molecule has 3 aromatic rings. The molecule has 1 amide bonds. The van der Waals surface area contributed by atoms with Crippen LogP contribution in [0.3, 0.4) is 0 Å². The molecule has 0 aliphatic rings. The monoisotopic (exact) mass is 392 g/mol. The van der Waals surface area contributed by atoms with Gasteiger partial charge in [0.25, 0.3) is 5.69 Å². The van der Waals surface area contributed by atoms with E-state index < -0.39 is 4.92 Å². The molecule has 0 saturated heterocycles. The molecule has 0 atom stereocenters. The van der Waals surface area contributed by atoms with Crippen LogP contribution in [0.5, 0.6) is 5.75 Å². The van der Waals surface area contributed by atoms with Crippen LogP contribution in [0, 0.1) is 10.1 Å². The lowest BCUT2D eigenvalue weighted by atomic mass is 10.2. The quantitative estimate of drug-likeness (QED) is 0.374. The van der Waals surface area contributed by atoms with Crippen molar-refractivity contribution in [3.05, 3.63) is 51.5 Å². The molecule has 1 aromatic heterocycles. The number of fused-ring (bicyclic) bond motifs is 1. The Morgan fingerprint density at radius 1 is 1.38 bits per heavy atom. The number of hydrogen-bond acceptors (Lipinski definition) is 6. The summed E-state index contributed by atoms with van der Waals surface area (Å²) in [5.41, 5.74) is 1.79. The highest BCUT2D eigenvalue weighted by Gasteiger charge is 2.14. The molecular formula is C16H13ClN4O4S. The van der Waals surface area contributed by atoms with Crippen molar-refractivity contribution in [2.75, 3.05) is 18.2 Å². The summed E-state index contributed by atoms with van der Waals surface area (Å²) in [6.45, 7) is 0. The molecule has 0 saturated carbocycles. The molecule has 10 heteroatoms. The number of aromatic nitrogens is 2. The number of rotatable bonds is 6. The SMILES string of the molecule is COc1cc([N+](=O)[O-])ccc1NC(=O)CSc1nc2ccc(Cl)cc2[nH]1. The fraction of sp³-hybridized carbons (Fsp3) is 0.125. The fourth-order valence-electron chi connectivity index (χ4n) is 2.24. The standard InChI is InChI=1S/C16H13ClN4O4S/c1-25-14-7-10(21(23)24)3-5-12(14)18-15(22)8-26-16-19-11-4-2-9(17)6-13(11)20-16/h2-7H,8H2,1H3,(H,18,22)(H,19,20). The molecule has 2 N–H and O–H groups in total. The number of imidazole rings is 1. The van der Waals surface area contributed by atoms with Gasteiger partial charge in [0.1, 0.15) is 5.75 Å². The summed E-state index contributed by atoms with van der Waals surface area (Å²) in [6.07, 6.45) is 0. The lowest BCUT2D eigenvalue weighted by Crippen LogP contribution is -2.14. The van der Waals surface area contributed by atoms with Crippen LogP contribution < -0.4 is 10.1 Å². The third-order valence-electron chi connectivity index (χ3n) is 3.43. The number of ether oxygens (including phenoxy) is 1. The number of nitrogens with zero attached hydrogens (tertiary/aromatic N) is 2. The molecule has 2 aromatic carbocycles. The average Bonchev–Trinajstić information content (AvgIpc) is 3.02. The number of aromatic amines is 1. The van der Waals surface area contributed by atoms with E-state index in [1.807, 2.05) is 0 Å². The van der Waals surface area contributed by atoms with E-state index >= 15 is 0 Å². The maximum absolute atomic E-state index is 12.2. The van der Waals surface area contributed by atoms with E-state index in [-0.39, 0.29) is 23.1 Å². The van der Waals surface area contributed by atoms with E-state index in [1.165, 1.54) is 37.1 Å². The predicted molar refractivity (Wildman–Crippen MR) is 100 cm³/mol. The Morgan fingerprint density at radius 2 is 2.19 bits per heavy atom. The Bertz CT molecular complexity index is 992. The van der Waals surface area contributed by atoms with Gasteiger partial charge in [0.05, 0.1) is 40.6 Å². The molecule has 0 radical (unpaired) electrons. The summed E-state index contributed by atoms with van der Waals surface area (Å²) in [5, 5.41) is 14.7. The topological polar surface area (TPSA) is 110 Å². The number of anilines is 1. The van der Waals surface area contributed by atoms with Gasteiger partial charge in [0.2, 0.25) is 5.91 Å². The lowest BCUT2D eigenvalue weighted by Gasteiger charge is -2.09. The Kier molecular flexibility index (Phi) is 5.29. The van der Waals surface area contributed by atoms with Crippen molar-refractivity contribution in [3.63, 3.8) is 0 Å². The molecule has 0 spiro atoms. The molecule has 3 rings (SSSR count). The molecule has 0 fully saturated rings. The number of carbonyl (C=O) groups excluding carboxylic acids is 1. The van der Waals surface area contributed by atoms with Gasteiger partial charge in [-0.1, -0.05) is 23.4 Å². The zero-order valence-electron chi connectivity index (χ0n) is 13.5. The van der Waals surface area contributed by atoms with Gasteiger partial charge in [0, 0.05) is 11.1 Å². The van der Waals surface area contributed by atoms with Crippen molar-refractivity contribution in [1.82, 2.24) is 9.97 Å². The van der Waals surface area contributed by atoms with E-state index in [2.05, 4.69) is 15.3 Å². The second-order valence-corrected chi connectivity index (χ2v) is 6.58. The minimum atomic E-state index is -0.530. The molecule has 0 unspecified atom stereocenters. The van der Waals surface area contributed by atoms with E-state index in [0.29, 0.717) is 15.9 Å². The number of halogens is 1. The number of amides is 1. The van der Waals surface area contributed by atoms with Crippen LogP contribution in [0.15, 0.2) is 41.6 Å². The number of thioether (sulfide) groups is 1. The van der Waals surface area contributed by atoms with Crippen molar-refractivity contribution < 1.29 is 14.5 Å². The van der Waals surface area contributed by atoms with E-state index in [0.717, 1.165) is 11.0 Å². The first-order chi connectivity index (χ1) is 12.5. The highest BCUT2D eigenvalue weighted by molar-refractivity contribution is 7.99. The number of carbonyl (C=O) groups is 1. The summed E-state index contributed by atoms with van der Waals surface area (Å²) < 4.78 is 5.09. The summed E-state index contributed by atoms with van der Waals surface area (Å²) in [5.74, 6) is 0.0322. The third kappa shape index (κ3) is 4.06. The Morgan fingerprint density at radius 3 is 2.92 bits per heavy atom. The summed E-state index contributed by atoms with van der Waals surface area (Å²) in [4.78, 5) is 29.9. The van der Waals surface area contributed by atoms with Gasteiger partial charge >= 0.3 is 0 Å². The summed E-state index contributed by atoms with van der Waals surface area (Å²) >= 11 is 7.16. The van der Waals surface area contributed by atoms with Gasteiger partial charge in [0.15, 0.2) is 5.16 Å². The predicted octanol–water partition coefficient (Wildman–Crippen LogP) is 3.86. The van der Waals surface area contributed by atoms with E-state index in [4.69, 9.17) is 16.3 Å². The lowest BCUT2D eigenvalue weighted by molar-refractivity contribution is -0.384. The number of methoxy groups -OCH3 is 1. The van der Waals surface area contributed by atoms with Crippen molar-refractivity contribution >= 4 is 51.7 Å². The Hall–Kier alpha value is -2.78. The number of hydrogen-bond donors (Lipinski definition) is 2. The normalized spacial score (nSPS) is 10.7. The second-order valence-electron chi connectivity index (χ2n) is 5.18. The third-order valence-corrected chi connectivity index (χ3v) is 4.54. The van der Waals surface area contributed by atoms with E-state index in [1.54, 1.807) is 18.2 Å². The van der Waals surface area contributed by atoms with Crippen molar-refractivity contribution in [1.29, 1.82) is 0 Å². The first-order valence-corrected chi connectivity index (χ1v) is 8.73. The molecule has 134 valence electrons. The molecule has 26 heavy (non-hydrogen) atoms. The first-order valence-electron chi connectivity index (χ1n) is 7.36. The van der Waals surface area contributed by atoms with Crippen molar-refractivity contribution in [2.45, 2.75) is 5.16 Å². The number of H-pyrrole nitrogens is 1. The molecule has 0 aliphatic carbocycles. The Labute approximate surface area is 157 Å². The molecule has 1 heterocycles. The first kappa shape index (κ1) is 18.0. The molecule has 0 bridgehead atoms. The molecule has 8 nitrogen and oxygen atoms in total. The number of nitro groups is 1. The van der Waals surface area contributed by atoms with Crippen LogP contribution >= 0.6 is 23.4 Å². The zero-order valence-corrected chi connectivity index (χ0v) is 15.1. The van der Waals surface area contributed by atoms with Crippen LogP contribution in [-0.2, 0) is 4.79 Å². The highest BCUT2D eigenvalue weighted by Crippen LogP contribution is 2.29. The van der Waals surface area contributed by atoms with Crippen molar-refractivity contribution in [3.8, 4) is 5.75 Å². The summed E-state index contributed by atoms with van der Waals surface area (Å²) in [6, 6.07) is 9.28. The van der Waals surface area contributed by atoms with Crippen LogP contribution in [0.1, 0.15) is 0 Å². The fourth-order valence-corrected chi connectivity index (χ4v) is 3.10.